The topological polar surface area (TPSA) is 51.2 Å². The minimum absolute atomic E-state index is 0.0205. The van der Waals surface area contributed by atoms with E-state index in [0.717, 1.165) is 21.5 Å². The van der Waals surface area contributed by atoms with E-state index in [2.05, 4.69) is 15.9 Å². The largest absolute Gasteiger partial charge is 0.293 e. The number of rotatable bonds is 4. The maximum absolute atomic E-state index is 12.3. The maximum atomic E-state index is 12.3. The van der Waals surface area contributed by atoms with Crippen LogP contribution in [0, 0.1) is 0 Å². The molecular formula is C12H9BrO3S3. The van der Waals surface area contributed by atoms with Crippen molar-refractivity contribution in [3.05, 3.63) is 22.4 Å². The molecule has 3 nitrogen and oxygen atoms in total. The number of fused-ring (bicyclic) bond motifs is 3. The van der Waals surface area contributed by atoms with Crippen LogP contribution in [-0.4, -0.2) is 19.5 Å². The maximum Gasteiger partial charge on any atom is 0.209 e. The van der Waals surface area contributed by atoms with Crippen molar-refractivity contribution in [1.82, 2.24) is 0 Å². The Morgan fingerprint density at radius 1 is 1.26 bits per heavy atom. The molecule has 19 heavy (non-hydrogen) atoms. The van der Waals surface area contributed by atoms with Crippen LogP contribution >= 0.6 is 38.6 Å². The molecular weight excluding hydrogens is 368 g/mol. The zero-order chi connectivity index (χ0) is 13.6. The molecule has 2 aromatic heterocycles. The first-order valence-corrected chi connectivity index (χ1v) is 9.91. The van der Waals surface area contributed by atoms with Crippen molar-refractivity contribution in [1.29, 1.82) is 0 Å². The second-order valence-electron chi connectivity index (χ2n) is 4.14. The normalized spacial score (nSPS) is 15.2. The number of carbonyl (C=O) groups is 1. The Balaban J connectivity index is 2.06. The molecule has 0 aliphatic carbocycles. The molecule has 0 amide bonds. The minimum atomic E-state index is -3.40. The van der Waals surface area contributed by atoms with Gasteiger partial charge < -0.3 is 0 Å². The standard InChI is InChI=1S/C12H9BrO3S3/c13-4-1-2-7(14)8-6-10-12(18-8)11-9(3-5-17-11)19(10,15)16/h3,5-6H,1-2,4H2. The minimum Gasteiger partial charge on any atom is -0.293 e. The van der Waals surface area contributed by atoms with E-state index in [1.165, 1.54) is 22.7 Å². The fourth-order valence-electron chi connectivity index (χ4n) is 2.01. The summed E-state index contributed by atoms with van der Waals surface area (Å²) in [5.41, 5.74) is 0. The van der Waals surface area contributed by atoms with Crippen LogP contribution in [0.25, 0.3) is 9.75 Å². The fourth-order valence-corrected chi connectivity index (χ4v) is 6.95. The number of alkyl halides is 1. The predicted octanol–water partition coefficient (Wildman–Crippen LogP) is 3.98. The van der Waals surface area contributed by atoms with E-state index in [9.17, 15) is 13.2 Å². The molecule has 0 saturated heterocycles. The highest BCUT2D eigenvalue weighted by atomic mass is 79.9. The summed E-state index contributed by atoms with van der Waals surface area (Å²) in [7, 11) is -3.40. The summed E-state index contributed by atoms with van der Waals surface area (Å²) in [6.45, 7) is 0. The Hall–Kier alpha value is -0.500. The highest BCUT2D eigenvalue weighted by molar-refractivity contribution is 9.09. The summed E-state index contributed by atoms with van der Waals surface area (Å²) < 4.78 is 24.6. The summed E-state index contributed by atoms with van der Waals surface area (Å²) in [4.78, 5) is 14.7. The molecule has 0 fully saturated rings. The van der Waals surface area contributed by atoms with Gasteiger partial charge in [0.1, 0.15) is 0 Å². The van der Waals surface area contributed by atoms with E-state index in [1.807, 2.05) is 0 Å². The van der Waals surface area contributed by atoms with Crippen LogP contribution in [0.1, 0.15) is 22.5 Å². The van der Waals surface area contributed by atoms with Gasteiger partial charge in [-0.05, 0) is 23.9 Å². The van der Waals surface area contributed by atoms with Gasteiger partial charge in [-0.25, -0.2) is 8.42 Å². The van der Waals surface area contributed by atoms with Crippen LogP contribution in [0.4, 0.5) is 0 Å². The van der Waals surface area contributed by atoms with Gasteiger partial charge in [0.25, 0.3) is 0 Å². The number of hydrogen-bond acceptors (Lipinski definition) is 5. The van der Waals surface area contributed by atoms with E-state index in [4.69, 9.17) is 0 Å². The Morgan fingerprint density at radius 2 is 2.05 bits per heavy atom. The molecule has 0 atom stereocenters. The Morgan fingerprint density at radius 3 is 2.79 bits per heavy atom. The lowest BCUT2D eigenvalue weighted by Gasteiger charge is -1.96. The van der Waals surface area contributed by atoms with Crippen molar-refractivity contribution >= 4 is 54.2 Å². The van der Waals surface area contributed by atoms with Crippen LogP contribution in [-0.2, 0) is 9.84 Å². The van der Waals surface area contributed by atoms with Crippen molar-refractivity contribution in [3.8, 4) is 9.75 Å². The molecule has 100 valence electrons. The second kappa shape index (κ2) is 4.80. The number of halogens is 1. The van der Waals surface area contributed by atoms with Gasteiger partial charge >= 0.3 is 0 Å². The number of carbonyl (C=O) groups excluding carboxylic acids is 1. The van der Waals surface area contributed by atoms with Gasteiger partial charge in [0.2, 0.25) is 9.84 Å². The Bertz CT molecular complexity index is 755. The van der Waals surface area contributed by atoms with Crippen molar-refractivity contribution < 1.29 is 13.2 Å². The molecule has 1 aliphatic heterocycles. The molecule has 3 heterocycles. The van der Waals surface area contributed by atoms with Crippen molar-refractivity contribution in [3.63, 3.8) is 0 Å². The van der Waals surface area contributed by atoms with E-state index < -0.39 is 9.84 Å². The van der Waals surface area contributed by atoms with Gasteiger partial charge in [0.05, 0.1) is 24.4 Å². The third-order valence-electron chi connectivity index (χ3n) is 2.92. The lowest BCUT2D eigenvalue weighted by molar-refractivity contribution is 0.0986. The lowest BCUT2D eigenvalue weighted by Crippen LogP contribution is -1.98. The Labute approximate surface area is 127 Å². The zero-order valence-electron chi connectivity index (χ0n) is 9.68. The summed E-state index contributed by atoms with van der Waals surface area (Å²) in [6, 6.07) is 3.17. The van der Waals surface area contributed by atoms with E-state index >= 15 is 0 Å². The summed E-state index contributed by atoms with van der Waals surface area (Å²) in [6.07, 6.45) is 1.21. The molecule has 0 saturated carbocycles. The molecule has 7 heteroatoms. The molecule has 0 radical (unpaired) electrons. The molecule has 0 aromatic carbocycles. The molecule has 1 aliphatic rings. The lowest BCUT2D eigenvalue weighted by atomic mass is 10.2. The highest BCUT2D eigenvalue weighted by Crippen LogP contribution is 2.50. The van der Waals surface area contributed by atoms with Crippen LogP contribution in [0.5, 0.6) is 0 Å². The number of sulfone groups is 1. The first kappa shape index (κ1) is 13.5. The third-order valence-corrected chi connectivity index (χ3v) is 7.82. The van der Waals surface area contributed by atoms with Crippen LogP contribution < -0.4 is 0 Å². The van der Waals surface area contributed by atoms with Crippen molar-refractivity contribution in [2.75, 3.05) is 5.33 Å². The number of thiophene rings is 2. The van der Waals surface area contributed by atoms with Gasteiger partial charge in [-0.3, -0.25) is 4.79 Å². The van der Waals surface area contributed by atoms with E-state index in [1.54, 1.807) is 17.5 Å². The van der Waals surface area contributed by atoms with Gasteiger partial charge in [0.15, 0.2) is 5.78 Å². The van der Waals surface area contributed by atoms with Gasteiger partial charge in [-0.1, -0.05) is 15.9 Å². The van der Waals surface area contributed by atoms with Crippen LogP contribution in [0.15, 0.2) is 27.3 Å². The first-order valence-electron chi connectivity index (χ1n) is 5.61. The van der Waals surface area contributed by atoms with Crippen LogP contribution in [0.2, 0.25) is 0 Å². The number of ketones is 1. The van der Waals surface area contributed by atoms with Gasteiger partial charge in [0, 0.05) is 11.8 Å². The molecule has 0 bridgehead atoms. The average Bonchev–Trinajstić information content (AvgIpc) is 3.03. The van der Waals surface area contributed by atoms with Crippen molar-refractivity contribution in [2.24, 2.45) is 0 Å². The van der Waals surface area contributed by atoms with Gasteiger partial charge in [-0.2, -0.15) is 0 Å². The molecule has 3 rings (SSSR count). The number of hydrogen-bond donors (Lipinski definition) is 0. The summed E-state index contributed by atoms with van der Waals surface area (Å²) in [5, 5.41) is 2.55. The average molecular weight is 377 g/mol. The molecule has 0 N–H and O–H groups in total. The summed E-state index contributed by atoms with van der Waals surface area (Å²) >= 11 is 6.00. The number of Topliss-reactive ketones (excluding diaryl/α,β-unsaturated/α-hetero) is 1. The predicted molar refractivity (Wildman–Crippen MR) is 80.4 cm³/mol. The summed E-state index contributed by atoms with van der Waals surface area (Å²) in [5.74, 6) is 0.0205. The molecule has 0 spiro atoms. The fraction of sp³-hybridized carbons (Fsp3) is 0.250. The van der Waals surface area contributed by atoms with E-state index in [0.29, 0.717) is 21.1 Å². The highest BCUT2D eigenvalue weighted by Gasteiger charge is 2.36. The first-order chi connectivity index (χ1) is 9.05. The Kier molecular flexibility index (Phi) is 3.41. The third kappa shape index (κ3) is 2.03. The van der Waals surface area contributed by atoms with E-state index in [-0.39, 0.29) is 5.78 Å². The molecule has 2 aromatic rings. The monoisotopic (exact) mass is 376 g/mol. The SMILES string of the molecule is O=C(CCCBr)c1cc2c(s1)-c1sccc1S2(=O)=O. The van der Waals surface area contributed by atoms with Crippen molar-refractivity contribution in [2.45, 2.75) is 22.6 Å². The smallest absolute Gasteiger partial charge is 0.209 e. The zero-order valence-corrected chi connectivity index (χ0v) is 13.7. The molecule has 0 unspecified atom stereocenters. The second-order valence-corrected chi connectivity index (χ2v) is 8.78. The van der Waals surface area contributed by atoms with Crippen LogP contribution in [0.3, 0.4) is 0 Å². The quantitative estimate of drug-likeness (QED) is 0.511. The van der Waals surface area contributed by atoms with Gasteiger partial charge in [-0.15, -0.1) is 22.7 Å².